The summed E-state index contributed by atoms with van der Waals surface area (Å²) in [5.41, 5.74) is 3.08. The minimum atomic E-state index is -3.74. The Morgan fingerprint density at radius 3 is 2.63 bits per heavy atom. The molecule has 7 heteroatoms. The molecule has 2 aromatic carbocycles. The normalized spacial score (nSPS) is 22.3. The van der Waals surface area contributed by atoms with Crippen LogP contribution >= 0.6 is 0 Å². The van der Waals surface area contributed by atoms with Crippen molar-refractivity contribution in [2.45, 2.75) is 49.1 Å². The SMILES string of the molecule is NS(=O)(=O)c1ccc2c(c1)C(NC1CCCOc3cc(F)ccc31)CCC2. The van der Waals surface area contributed by atoms with Gasteiger partial charge in [0.05, 0.1) is 11.5 Å². The average molecular weight is 390 g/mol. The van der Waals surface area contributed by atoms with Crippen molar-refractivity contribution in [2.24, 2.45) is 5.14 Å². The number of hydrogen-bond donors (Lipinski definition) is 2. The number of nitrogens with one attached hydrogen (secondary N) is 1. The Morgan fingerprint density at radius 2 is 1.81 bits per heavy atom. The van der Waals surface area contributed by atoms with Crippen LogP contribution in [0.1, 0.15) is 54.5 Å². The molecule has 2 aromatic rings. The molecule has 0 amide bonds. The summed E-state index contributed by atoms with van der Waals surface area (Å²) in [6.07, 6.45) is 4.60. The van der Waals surface area contributed by atoms with Crippen molar-refractivity contribution in [1.82, 2.24) is 5.32 Å². The minimum Gasteiger partial charge on any atom is -0.493 e. The summed E-state index contributed by atoms with van der Waals surface area (Å²) in [5, 5.41) is 8.99. The van der Waals surface area contributed by atoms with Crippen LogP contribution in [-0.4, -0.2) is 15.0 Å². The Bertz CT molecular complexity index is 962. The Hall–Kier alpha value is -1.96. The zero-order valence-electron chi connectivity index (χ0n) is 14.9. The van der Waals surface area contributed by atoms with Crippen molar-refractivity contribution in [3.63, 3.8) is 0 Å². The molecule has 0 radical (unpaired) electrons. The van der Waals surface area contributed by atoms with Crippen LogP contribution in [0.2, 0.25) is 0 Å². The fourth-order valence-corrected chi connectivity index (χ4v) is 4.64. The zero-order chi connectivity index (χ0) is 19.0. The van der Waals surface area contributed by atoms with Gasteiger partial charge in [-0.25, -0.2) is 17.9 Å². The largest absolute Gasteiger partial charge is 0.493 e. The molecular formula is C20H23FN2O3S. The smallest absolute Gasteiger partial charge is 0.238 e. The van der Waals surface area contributed by atoms with Gasteiger partial charge in [-0.15, -0.1) is 0 Å². The molecule has 2 atom stereocenters. The van der Waals surface area contributed by atoms with E-state index in [1.165, 1.54) is 12.1 Å². The number of sulfonamides is 1. The van der Waals surface area contributed by atoms with Gasteiger partial charge in [0.15, 0.2) is 0 Å². The molecule has 1 aliphatic heterocycles. The minimum absolute atomic E-state index is 0.0245. The highest BCUT2D eigenvalue weighted by molar-refractivity contribution is 7.89. The van der Waals surface area contributed by atoms with Crippen LogP contribution in [-0.2, 0) is 16.4 Å². The standard InChI is InChI=1S/C20H23FN2O3S/c21-14-7-9-16-18(5-2-10-26-20(16)11-14)23-19-4-1-3-13-6-8-15(12-17(13)19)27(22,24)25/h6-9,11-12,18-19,23H,1-5,10H2,(H2,22,24,25). The predicted molar refractivity (Wildman–Crippen MR) is 100 cm³/mol. The monoisotopic (exact) mass is 390 g/mol. The van der Waals surface area contributed by atoms with Crippen LogP contribution in [0.5, 0.6) is 5.75 Å². The molecule has 0 fully saturated rings. The van der Waals surface area contributed by atoms with Crippen molar-refractivity contribution in [3.05, 3.63) is 58.9 Å². The van der Waals surface area contributed by atoms with Crippen LogP contribution in [0.25, 0.3) is 0 Å². The second-order valence-corrected chi connectivity index (χ2v) is 8.80. The second kappa shape index (κ2) is 7.22. The molecular weight excluding hydrogens is 367 g/mol. The fraction of sp³-hybridized carbons (Fsp3) is 0.400. The first kappa shape index (κ1) is 18.4. The highest BCUT2D eigenvalue weighted by atomic mass is 32.2. The Labute approximate surface area is 158 Å². The lowest BCUT2D eigenvalue weighted by molar-refractivity contribution is 0.312. The molecule has 0 spiro atoms. The van der Waals surface area contributed by atoms with Gasteiger partial charge in [-0.2, -0.15) is 0 Å². The van der Waals surface area contributed by atoms with Crippen molar-refractivity contribution in [2.75, 3.05) is 6.61 Å². The Kier molecular flexibility index (Phi) is 4.92. The lowest BCUT2D eigenvalue weighted by Gasteiger charge is -2.31. The fourth-order valence-electron chi connectivity index (χ4n) is 4.09. The van der Waals surface area contributed by atoms with E-state index >= 15 is 0 Å². The van der Waals surface area contributed by atoms with E-state index in [2.05, 4.69) is 5.32 Å². The van der Waals surface area contributed by atoms with Gasteiger partial charge in [0.1, 0.15) is 11.6 Å². The third kappa shape index (κ3) is 3.85. The lowest BCUT2D eigenvalue weighted by atomic mass is 9.86. The highest BCUT2D eigenvalue weighted by Crippen LogP contribution is 2.37. The maximum atomic E-state index is 13.6. The number of primary sulfonamides is 1. The molecule has 0 aromatic heterocycles. The van der Waals surface area contributed by atoms with Gasteiger partial charge in [0.25, 0.3) is 0 Å². The van der Waals surface area contributed by atoms with Gasteiger partial charge in [-0.05, 0) is 61.4 Å². The molecule has 2 aliphatic rings. The molecule has 0 saturated carbocycles. The summed E-state index contributed by atoms with van der Waals surface area (Å²) in [4.78, 5) is 0.140. The summed E-state index contributed by atoms with van der Waals surface area (Å²) in [6, 6.07) is 9.85. The molecule has 2 unspecified atom stereocenters. The van der Waals surface area contributed by atoms with Gasteiger partial charge >= 0.3 is 0 Å². The van der Waals surface area contributed by atoms with Crippen LogP contribution in [0.3, 0.4) is 0 Å². The third-order valence-electron chi connectivity index (χ3n) is 5.41. The number of nitrogens with two attached hydrogens (primary N) is 1. The van der Waals surface area contributed by atoms with E-state index in [9.17, 15) is 12.8 Å². The zero-order valence-corrected chi connectivity index (χ0v) is 15.8. The molecule has 1 aliphatic carbocycles. The third-order valence-corrected chi connectivity index (χ3v) is 6.32. The van der Waals surface area contributed by atoms with Crippen molar-refractivity contribution in [3.8, 4) is 5.75 Å². The highest BCUT2D eigenvalue weighted by Gasteiger charge is 2.27. The van der Waals surface area contributed by atoms with Crippen molar-refractivity contribution < 1.29 is 17.5 Å². The summed E-state index contributed by atoms with van der Waals surface area (Å²) in [7, 11) is -3.74. The summed E-state index contributed by atoms with van der Waals surface area (Å²) >= 11 is 0. The maximum absolute atomic E-state index is 13.6. The molecule has 5 nitrogen and oxygen atoms in total. The van der Waals surface area contributed by atoms with E-state index in [-0.39, 0.29) is 22.8 Å². The number of ether oxygens (including phenoxy) is 1. The molecule has 4 rings (SSSR count). The van der Waals surface area contributed by atoms with Crippen LogP contribution in [0.4, 0.5) is 4.39 Å². The number of benzene rings is 2. The first-order chi connectivity index (χ1) is 12.9. The number of aryl methyl sites for hydroxylation is 1. The molecule has 3 N–H and O–H groups in total. The quantitative estimate of drug-likeness (QED) is 0.842. The van der Waals surface area contributed by atoms with Crippen LogP contribution in [0.15, 0.2) is 41.3 Å². The molecule has 0 bridgehead atoms. The molecule has 27 heavy (non-hydrogen) atoms. The van der Waals surface area contributed by atoms with Crippen molar-refractivity contribution >= 4 is 10.0 Å². The topological polar surface area (TPSA) is 81.4 Å². The van der Waals surface area contributed by atoms with E-state index < -0.39 is 10.0 Å². The maximum Gasteiger partial charge on any atom is 0.238 e. The van der Waals surface area contributed by atoms with Gasteiger partial charge in [0.2, 0.25) is 10.0 Å². The lowest BCUT2D eigenvalue weighted by Crippen LogP contribution is -2.29. The van der Waals surface area contributed by atoms with Crippen molar-refractivity contribution in [1.29, 1.82) is 0 Å². The number of fused-ring (bicyclic) bond motifs is 2. The van der Waals surface area contributed by atoms with Gasteiger partial charge in [0, 0.05) is 23.7 Å². The van der Waals surface area contributed by atoms with Crippen LogP contribution < -0.4 is 15.2 Å². The molecule has 144 valence electrons. The van der Waals surface area contributed by atoms with Gasteiger partial charge in [-0.3, -0.25) is 0 Å². The first-order valence-corrected chi connectivity index (χ1v) is 10.8. The summed E-state index contributed by atoms with van der Waals surface area (Å²) < 4.78 is 42.8. The summed E-state index contributed by atoms with van der Waals surface area (Å²) in [6.45, 7) is 0.561. The van der Waals surface area contributed by atoms with E-state index in [0.29, 0.717) is 12.4 Å². The van der Waals surface area contributed by atoms with Gasteiger partial charge < -0.3 is 10.1 Å². The molecule has 1 heterocycles. The van der Waals surface area contributed by atoms with Crippen LogP contribution in [0, 0.1) is 5.82 Å². The van der Waals surface area contributed by atoms with Gasteiger partial charge in [-0.1, -0.05) is 12.1 Å². The second-order valence-electron chi connectivity index (χ2n) is 7.24. The first-order valence-electron chi connectivity index (χ1n) is 9.26. The predicted octanol–water partition coefficient (Wildman–Crippen LogP) is 3.35. The van der Waals surface area contributed by atoms with E-state index in [4.69, 9.17) is 9.88 Å². The Morgan fingerprint density at radius 1 is 1.04 bits per heavy atom. The number of hydrogen-bond acceptors (Lipinski definition) is 4. The number of rotatable bonds is 3. The molecule has 0 saturated heterocycles. The Balaban J connectivity index is 1.67. The van der Waals surface area contributed by atoms with E-state index in [0.717, 1.165) is 48.8 Å². The summed E-state index contributed by atoms with van der Waals surface area (Å²) in [5.74, 6) is 0.273. The van der Waals surface area contributed by atoms with E-state index in [1.807, 2.05) is 6.07 Å². The average Bonchev–Trinajstić information content (AvgIpc) is 2.82. The number of halogens is 1. The van der Waals surface area contributed by atoms with E-state index in [1.54, 1.807) is 18.2 Å².